The summed E-state index contributed by atoms with van der Waals surface area (Å²) in [7, 11) is 0. The second-order valence-corrected chi connectivity index (χ2v) is 6.49. The first kappa shape index (κ1) is 13.1. The number of carbonyl (C=O) groups excluding carboxylic acids is 1. The van der Waals surface area contributed by atoms with Crippen LogP contribution in [0.25, 0.3) is 0 Å². The molecule has 1 fully saturated rings. The lowest BCUT2D eigenvalue weighted by molar-refractivity contribution is -0.118. The number of rotatable bonds is 4. The standard InChI is InChI=1S/C16H23NO/c1-16(2,3)13-8-6-12(7-9-13)14(10-15(17)18)11-4-5-11/h6-9,11,14H,4-5,10H2,1-3H3,(H2,17,18). The highest BCUT2D eigenvalue weighted by molar-refractivity contribution is 5.74. The maximum Gasteiger partial charge on any atom is 0.218 e. The van der Waals surface area contributed by atoms with Crippen LogP contribution in [0.2, 0.25) is 0 Å². The molecule has 98 valence electrons. The quantitative estimate of drug-likeness (QED) is 0.868. The van der Waals surface area contributed by atoms with E-state index in [4.69, 9.17) is 5.73 Å². The van der Waals surface area contributed by atoms with E-state index in [-0.39, 0.29) is 11.3 Å². The van der Waals surface area contributed by atoms with Crippen molar-refractivity contribution in [3.8, 4) is 0 Å². The average Bonchev–Trinajstić information content (AvgIpc) is 3.08. The lowest BCUT2D eigenvalue weighted by Gasteiger charge is -2.21. The number of primary amides is 1. The summed E-state index contributed by atoms with van der Waals surface area (Å²) in [5.74, 6) is 0.807. The normalized spacial score (nSPS) is 17.5. The van der Waals surface area contributed by atoms with Gasteiger partial charge in [0.25, 0.3) is 0 Å². The van der Waals surface area contributed by atoms with Crippen LogP contribution in [-0.4, -0.2) is 5.91 Å². The SMILES string of the molecule is CC(C)(C)c1ccc(C(CC(N)=O)C2CC2)cc1. The van der Waals surface area contributed by atoms with Crippen molar-refractivity contribution in [2.45, 2.75) is 51.4 Å². The zero-order chi connectivity index (χ0) is 13.3. The van der Waals surface area contributed by atoms with E-state index in [2.05, 4.69) is 45.0 Å². The van der Waals surface area contributed by atoms with Crippen LogP contribution >= 0.6 is 0 Å². The smallest absolute Gasteiger partial charge is 0.218 e. The van der Waals surface area contributed by atoms with Crippen molar-refractivity contribution in [2.24, 2.45) is 11.7 Å². The van der Waals surface area contributed by atoms with Gasteiger partial charge in [-0.15, -0.1) is 0 Å². The van der Waals surface area contributed by atoms with Crippen molar-refractivity contribution in [2.75, 3.05) is 0 Å². The summed E-state index contributed by atoms with van der Waals surface area (Å²) in [4.78, 5) is 11.2. The fraction of sp³-hybridized carbons (Fsp3) is 0.562. The third kappa shape index (κ3) is 3.12. The number of hydrogen-bond acceptors (Lipinski definition) is 1. The van der Waals surface area contributed by atoms with Crippen molar-refractivity contribution in [3.63, 3.8) is 0 Å². The number of carbonyl (C=O) groups is 1. The van der Waals surface area contributed by atoms with Gasteiger partial charge in [-0.25, -0.2) is 0 Å². The first-order valence-corrected chi connectivity index (χ1v) is 6.76. The maximum atomic E-state index is 11.2. The summed E-state index contributed by atoms with van der Waals surface area (Å²) >= 11 is 0. The van der Waals surface area contributed by atoms with E-state index in [0.717, 1.165) is 0 Å². The molecule has 0 bridgehead atoms. The monoisotopic (exact) mass is 245 g/mol. The number of nitrogens with two attached hydrogens (primary N) is 1. The highest BCUT2D eigenvalue weighted by atomic mass is 16.1. The van der Waals surface area contributed by atoms with Crippen LogP contribution in [0.5, 0.6) is 0 Å². The summed E-state index contributed by atoms with van der Waals surface area (Å²) in [6.45, 7) is 6.64. The number of hydrogen-bond donors (Lipinski definition) is 1. The second-order valence-electron chi connectivity index (χ2n) is 6.49. The molecule has 0 heterocycles. The van der Waals surface area contributed by atoms with Crippen LogP contribution in [-0.2, 0) is 10.2 Å². The van der Waals surface area contributed by atoms with Crippen molar-refractivity contribution in [3.05, 3.63) is 35.4 Å². The summed E-state index contributed by atoms with van der Waals surface area (Å²) in [5.41, 5.74) is 8.14. The molecule has 0 radical (unpaired) electrons. The Morgan fingerprint density at radius 2 is 1.83 bits per heavy atom. The second kappa shape index (κ2) is 4.75. The third-order valence-corrected chi connectivity index (χ3v) is 3.82. The van der Waals surface area contributed by atoms with E-state index < -0.39 is 0 Å². The van der Waals surface area contributed by atoms with Crippen molar-refractivity contribution >= 4 is 5.91 Å². The Balaban J connectivity index is 2.18. The molecule has 1 saturated carbocycles. The molecule has 0 spiro atoms. The van der Waals surface area contributed by atoms with Gasteiger partial charge in [-0.2, -0.15) is 0 Å². The Kier molecular flexibility index (Phi) is 3.47. The first-order valence-electron chi connectivity index (χ1n) is 6.76. The largest absolute Gasteiger partial charge is 0.370 e. The van der Waals surface area contributed by atoms with Crippen LogP contribution in [0.3, 0.4) is 0 Å². The van der Waals surface area contributed by atoms with Gasteiger partial charge in [0.2, 0.25) is 5.91 Å². The van der Waals surface area contributed by atoms with Gasteiger partial charge in [0.1, 0.15) is 0 Å². The molecular formula is C16H23NO. The van der Waals surface area contributed by atoms with Gasteiger partial charge in [0.15, 0.2) is 0 Å². The summed E-state index contributed by atoms with van der Waals surface area (Å²) in [6, 6.07) is 8.72. The van der Waals surface area contributed by atoms with Gasteiger partial charge in [-0.3, -0.25) is 4.79 Å². The van der Waals surface area contributed by atoms with Gasteiger partial charge in [-0.05, 0) is 41.2 Å². The molecule has 2 N–H and O–H groups in total. The zero-order valence-electron chi connectivity index (χ0n) is 11.6. The van der Waals surface area contributed by atoms with Crippen molar-refractivity contribution in [1.29, 1.82) is 0 Å². The molecule has 1 aliphatic rings. The third-order valence-electron chi connectivity index (χ3n) is 3.82. The van der Waals surface area contributed by atoms with Crippen LogP contribution < -0.4 is 5.73 Å². The van der Waals surface area contributed by atoms with Gasteiger partial charge in [0.05, 0.1) is 0 Å². The number of amides is 1. The van der Waals surface area contributed by atoms with Gasteiger partial charge in [0, 0.05) is 6.42 Å². The molecule has 1 aromatic rings. The van der Waals surface area contributed by atoms with E-state index in [9.17, 15) is 4.79 Å². The fourth-order valence-electron chi connectivity index (χ4n) is 2.50. The molecule has 2 heteroatoms. The van der Waals surface area contributed by atoms with Crippen LogP contribution in [0.1, 0.15) is 57.1 Å². The Hall–Kier alpha value is -1.31. The number of benzene rings is 1. The van der Waals surface area contributed by atoms with E-state index in [1.54, 1.807) is 0 Å². The molecule has 1 unspecified atom stereocenters. The minimum Gasteiger partial charge on any atom is -0.370 e. The fourth-order valence-corrected chi connectivity index (χ4v) is 2.50. The lowest BCUT2D eigenvalue weighted by Crippen LogP contribution is -2.17. The van der Waals surface area contributed by atoms with E-state index in [0.29, 0.717) is 18.3 Å². The van der Waals surface area contributed by atoms with Crippen LogP contribution in [0, 0.1) is 5.92 Å². The predicted octanol–water partition coefficient (Wildman–Crippen LogP) is 3.35. The Labute approximate surface area is 110 Å². The van der Waals surface area contributed by atoms with Gasteiger partial charge in [-0.1, -0.05) is 45.0 Å². The van der Waals surface area contributed by atoms with Crippen LogP contribution in [0.15, 0.2) is 24.3 Å². The highest BCUT2D eigenvalue weighted by Crippen LogP contribution is 2.44. The zero-order valence-corrected chi connectivity index (χ0v) is 11.6. The molecular weight excluding hydrogens is 222 g/mol. The van der Waals surface area contributed by atoms with Crippen molar-refractivity contribution in [1.82, 2.24) is 0 Å². The Bertz CT molecular complexity index is 423. The maximum absolute atomic E-state index is 11.2. The lowest BCUT2D eigenvalue weighted by atomic mass is 9.84. The highest BCUT2D eigenvalue weighted by Gasteiger charge is 2.33. The summed E-state index contributed by atoms with van der Waals surface area (Å²) in [5, 5.41) is 0. The molecule has 1 amide bonds. The minimum atomic E-state index is -0.188. The van der Waals surface area contributed by atoms with Crippen LogP contribution in [0.4, 0.5) is 0 Å². The molecule has 2 rings (SSSR count). The predicted molar refractivity (Wildman–Crippen MR) is 74.4 cm³/mol. The van der Waals surface area contributed by atoms with E-state index in [1.165, 1.54) is 24.0 Å². The molecule has 1 aliphatic carbocycles. The molecule has 1 atom stereocenters. The average molecular weight is 245 g/mol. The van der Waals surface area contributed by atoms with Gasteiger partial charge >= 0.3 is 0 Å². The van der Waals surface area contributed by atoms with Crippen molar-refractivity contribution < 1.29 is 4.79 Å². The first-order chi connectivity index (χ1) is 8.38. The molecule has 0 aromatic heterocycles. The summed E-state index contributed by atoms with van der Waals surface area (Å²) in [6.07, 6.45) is 2.96. The summed E-state index contributed by atoms with van der Waals surface area (Å²) < 4.78 is 0. The molecule has 0 aliphatic heterocycles. The topological polar surface area (TPSA) is 43.1 Å². The Morgan fingerprint density at radius 1 is 1.28 bits per heavy atom. The molecule has 1 aromatic carbocycles. The van der Waals surface area contributed by atoms with E-state index >= 15 is 0 Å². The molecule has 18 heavy (non-hydrogen) atoms. The molecule has 0 saturated heterocycles. The Morgan fingerprint density at radius 3 is 2.22 bits per heavy atom. The minimum absolute atomic E-state index is 0.178. The van der Waals surface area contributed by atoms with Gasteiger partial charge < -0.3 is 5.73 Å². The van der Waals surface area contributed by atoms with E-state index in [1.807, 2.05) is 0 Å². The molecule has 2 nitrogen and oxygen atoms in total.